The van der Waals surface area contributed by atoms with Gasteiger partial charge in [-0.1, -0.05) is 37.1 Å². The SMILES string of the molecule is Nc1cnc(-c2ccc(-c3ccccc3S(=O)(=O)N[C@@H]3CCCC[C@@H]3O)cc2F)cn1. The molecular weight excluding hydrogens is 419 g/mol. The van der Waals surface area contributed by atoms with Crippen molar-refractivity contribution in [1.82, 2.24) is 14.7 Å². The fraction of sp³-hybridized carbons (Fsp3) is 0.273. The Kier molecular flexibility index (Phi) is 5.99. The molecule has 1 aromatic heterocycles. The first-order valence-electron chi connectivity index (χ1n) is 10.0. The zero-order valence-corrected chi connectivity index (χ0v) is 17.5. The van der Waals surface area contributed by atoms with E-state index in [-0.39, 0.29) is 16.3 Å². The minimum atomic E-state index is -3.92. The highest BCUT2D eigenvalue weighted by Crippen LogP contribution is 2.31. The van der Waals surface area contributed by atoms with Crippen LogP contribution in [0, 0.1) is 5.82 Å². The zero-order valence-electron chi connectivity index (χ0n) is 16.7. The largest absolute Gasteiger partial charge is 0.391 e. The van der Waals surface area contributed by atoms with Gasteiger partial charge in [0, 0.05) is 17.2 Å². The van der Waals surface area contributed by atoms with Crippen molar-refractivity contribution in [3.63, 3.8) is 0 Å². The number of anilines is 1. The molecule has 3 aromatic rings. The van der Waals surface area contributed by atoms with E-state index in [0.717, 1.165) is 12.8 Å². The summed E-state index contributed by atoms with van der Waals surface area (Å²) in [6.07, 6.45) is 4.88. The van der Waals surface area contributed by atoms with Crippen molar-refractivity contribution in [3.05, 3.63) is 60.7 Å². The predicted octanol–water partition coefficient (Wildman–Crippen LogP) is 3.11. The Morgan fingerprint density at radius 2 is 1.81 bits per heavy atom. The van der Waals surface area contributed by atoms with Gasteiger partial charge in [-0.15, -0.1) is 0 Å². The van der Waals surface area contributed by atoms with Gasteiger partial charge >= 0.3 is 0 Å². The molecular formula is C22H23FN4O3S. The van der Waals surface area contributed by atoms with Gasteiger partial charge in [0.15, 0.2) is 0 Å². The molecule has 0 unspecified atom stereocenters. The Morgan fingerprint density at radius 3 is 2.52 bits per heavy atom. The van der Waals surface area contributed by atoms with Crippen LogP contribution in [-0.4, -0.2) is 35.6 Å². The number of hydrogen-bond acceptors (Lipinski definition) is 6. The maximum atomic E-state index is 14.9. The lowest BCUT2D eigenvalue weighted by Gasteiger charge is -2.28. The van der Waals surface area contributed by atoms with Crippen LogP contribution in [-0.2, 0) is 10.0 Å². The highest BCUT2D eigenvalue weighted by atomic mass is 32.2. The predicted molar refractivity (Wildman–Crippen MR) is 116 cm³/mol. The van der Waals surface area contributed by atoms with Crippen LogP contribution in [0.4, 0.5) is 10.2 Å². The average molecular weight is 443 g/mol. The molecule has 31 heavy (non-hydrogen) atoms. The quantitative estimate of drug-likeness (QED) is 0.559. The number of aromatic nitrogens is 2. The van der Waals surface area contributed by atoms with Crippen molar-refractivity contribution in [3.8, 4) is 22.4 Å². The average Bonchev–Trinajstić information content (AvgIpc) is 2.76. The van der Waals surface area contributed by atoms with E-state index >= 15 is 0 Å². The van der Waals surface area contributed by atoms with Crippen LogP contribution in [0.25, 0.3) is 22.4 Å². The summed E-state index contributed by atoms with van der Waals surface area (Å²) >= 11 is 0. The number of nitrogen functional groups attached to an aromatic ring is 1. The third-order valence-corrected chi connectivity index (χ3v) is 6.99. The summed E-state index contributed by atoms with van der Waals surface area (Å²) in [4.78, 5) is 8.04. The highest BCUT2D eigenvalue weighted by Gasteiger charge is 2.29. The Morgan fingerprint density at radius 1 is 1.03 bits per heavy atom. The molecule has 1 saturated carbocycles. The van der Waals surface area contributed by atoms with E-state index in [0.29, 0.717) is 29.7 Å². The van der Waals surface area contributed by atoms with E-state index in [1.165, 1.54) is 30.6 Å². The lowest BCUT2D eigenvalue weighted by molar-refractivity contribution is 0.101. The number of aliphatic hydroxyl groups excluding tert-OH is 1. The first kappa shape index (κ1) is 21.4. The summed E-state index contributed by atoms with van der Waals surface area (Å²) in [6.45, 7) is 0. The van der Waals surface area contributed by atoms with Crippen LogP contribution < -0.4 is 10.5 Å². The monoisotopic (exact) mass is 442 g/mol. The molecule has 1 aliphatic carbocycles. The lowest BCUT2D eigenvalue weighted by atomic mass is 9.93. The van der Waals surface area contributed by atoms with Crippen molar-refractivity contribution in [2.45, 2.75) is 42.7 Å². The number of benzene rings is 2. The Hall–Kier alpha value is -2.88. The summed E-state index contributed by atoms with van der Waals surface area (Å²) in [6, 6.07) is 10.3. The number of nitrogens with one attached hydrogen (secondary N) is 1. The van der Waals surface area contributed by atoms with E-state index in [4.69, 9.17) is 5.73 Å². The maximum absolute atomic E-state index is 14.9. The third kappa shape index (κ3) is 4.58. The molecule has 0 saturated heterocycles. The first-order chi connectivity index (χ1) is 14.8. The number of rotatable bonds is 5. The molecule has 7 nitrogen and oxygen atoms in total. The molecule has 0 aliphatic heterocycles. The van der Waals surface area contributed by atoms with Crippen molar-refractivity contribution >= 4 is 15.8 Å². The number of sulfonamides is 1. The van der Waals surface area contributed by atoms with Gasteiger partial charge in [0.1, 0.15) is 11.6 Å². The number of nitrogens with zero attached hydrogens (tertiary/aromatic N) is 2. The summed E-state index contributed by atoms with van der Waals surface area (Å²) in [7, 11) is -3.92. The fourth-order valence-electron chi connectivity index (χ4n) is 3.82. The van der Waals surface area contributed by atoms with Gasteiger partial charge in [-0.05, 0) is 36.6 Å². The van der Waals surface area contributed by atoms with Crippen LogP contribution in [0.5, 0.6) is 0 Å². The Balaban J connectivity index is 1.68. The smallest absolute Gasteiger partial charge is 0.241 e. The van der Waals surface area contributed by atoms with Gasteiger partial charge in [-0.2, -0.15) is 0 Å². The van der Waals surface area contributed by atoms with Gasteiger partial charge in [-0.25, -0.2) is 22.5 Å². The van der Waals surface area contributed by atoms with E-state index in [2.05, 4.69) is 14.7 Å². The van der Waals surface area contributed by atoms with Crippen molar-refractivity contribution < 1.29 is 17.9 Å². The van der Waals surface area contributed by atoms with Gasteiger partial charge in [0.05, 0.1) is 29.1 Å². The van der Waals surface area contributed by atoms with E-state index < -0.39 is 28.0 Å². The molecule has 0 radical (unpaired) electrons. The number of hydrogen-bond donors (Lipinski definition) is 3. The van der Waals surface area contributed by atoms with Gasteiger partial charge in [0.25, 0.3) is 0 Å². The lowest BCUT2D eigenvalue weighted by Crippen LogP contribution is -2.45. The highest BCUT2D eigenvalue weighted by molar-refractivity contribution is 7.89. The second-order valence-corrected chi connectivity index (χ2v) is 9.28. The molecule has 1 fully saturated rings. The summed E-state index contributed by atoms with van der Waals surface area (Å²) in [5.41, 5.74) is 6.87. The molecule has 2 atom stereocenters. The standard InChI is InChI=1S/C22H23FN4O3S/c23-17-11-14(9-10-16(17)19-12-26-22(24)13-25-19)15-5-1-4-8-21(15)31(29,30)27-18-6-2-3-7-20(18)28/h1,4-5,8-13,18,20,27-28H,2-3,6-7H2,(H2,24,26)/t18-,20+/m1/s1. The van der Waals surface area contributed by atoms with E-state index in [1.54, 1.807) is 24.3 Å². The Labute approximate surface area is 180 Å². The molecule has 9 heteroatoms. The van der Waals surface area contributed by atoms with Gasteiger partial charge < -0.3 is 10.8 Å². The molecule has 4 rings (SSSR count). The van der Waals surface area contributed by atoms with E-state index in [9.17, 15) is 17.9 Å². The third-order valence-electron chi connectivity index (χ3n) is 5.44. The van der Waals surface area contributed by atoms with Gasteiger partial charge in [-0.3, -0.25) is 4.98 Å². The van der Waals surface area contributed by atoms with Crippen molar-refractivity contribution in [2.75, 3.05) is 5.73 Å². The van der Waals surface area contributed by atoms with Crippen molar-refractivity contribution in [1.29, 1.82) is 0 Å². The van der Waals surface area contributed by atoms with Crippen LogP contribution in [0.1, 0.15) is 25.7 Å². The van der Waals surface area contributed by atoms with Crippen LogP contribution >= 0.6 is 0 Å². The van der Waals surface area contributed by atoms with Crippen LogP contribution in [0.15, 0.2) is 59.8 Å². The molecule has 4 N–H and O–H groups in total. The zero-order chi connectivity index (χ0) is 22.0. The van der Waals surface area contributed by atoms with Gasteiger partial charge in [0.2, 0.25) is 10.0 Å². The molecule has 0 amide bonds. The van der Waals surface area contributed by atoms with Crippen molar-refractivity contribution in [2.24, 2.45) is 0 Å². The van der Waals surface area contributed by atoms with E-state index in [1.807, 2.05) is 0 Å². The second kappa shape index (κ2) is 8.70. The molecule has 0 spiro atoms. The summed E-state index contributed by atoms with van der Waals surface area (Å²) < 4.78 is 43.7. The number of aliphatic hydroxyl groups is 1. The second-order valence-electron chi connectivity index (χ2n) is 7.60. The topological polar surface area (TPSA) is 118 Å². The minimum Gasteiger partial charge on any atom is -0.391 e. The fourth-order valence-corrected chi connectivity index (χ4v) is 5.35. The number of nitrogens with two attached hydrogens (primary N) is 1. The molecule has 1 aliphatic rings. The Bertz CT molecular complexity index is 1190. The molecule has 2 aromatic carbocycles. The first-order valence-corrected chi connectivity index (χ1v) is 11.5. The van der Waals surface area contributed by atoms with Crippen LogP contribution in [0.2, 0.25) is 0 Å². The number of halogens is 1. The molecule has 162 valence electrons. The maximum Gasteiger partial charge on any atom is 0.241 e. The summed E-state index contributed by atoms with van der Waals surface area (Å²) in [5.74, 6) is -0.324. The normalized spacial score (nSPS) is 19.3. The summed E-state index contributed by atoms with van der Waals surface area (Å²) in [5, 5.41) is 10.2. The molecule has 0 bridgehead atoms. The molecule has 1 heterocycles. The minimum absolute atomic E-state index is 0.0344. The van der Waals surface area contributed by atoms with Crippen LogP contribution in [0.3, 0.4) is 0 Å².